The van der Waals surface area contributed by atoms with Crippen molar-refractivity contribution in [3.05, 3.63) is 69.8 Å². The van der Waals surface area contributed by atoms with Crippen LogP contribution in [0.25, 0.3) is 10.9 Å². The Bertz CT molecular complexity index is 893. The van der Waals surface area contributed by atoms with Gasteiger partial charge in [0.1, 0.15) is 0 Å². The van der Waals surface area contributed by atoms with Gasteiger partial charge in [-0.05, 0) is 42.0 Å². The van der Waals surface area contributed by atoms with Crippen molar-refractivity contribution < 1.29 is 9.47 Å². The maximum absolute atomic E-state index is 6.02. The molecule has 2 N–H and O–H groups in total. The summed E-state index contributed by atoms with van der Waals surface area (Å²) in [7, 11) is 0. The van der Waals surface area contributed by atoms with Crippen molar-refractivity contribution in [3.8, 4) is 0 Å². The Morgan fingerprint density at radius 1 is 0.897 bits per heavy atom. The molecule has 1 heterocycles. The van der Waals surface area contributed by atoms with E-state index in [4.69, 9.17) is 21.1 Å². The highest BCUT2D eigenvalue weighted by Gasteiger charge is 2.02. The molecule has 3 rings (SSSR count). The Morgan fingerprint density at radius 2 is 1.66 bits per heavy atom. The molecule has 5 nitrogen and oxygen atoms in total. The normalized spacial score (nSPS) is 11.1. The van der Waals surface area contributed by atoms with E-state index in [9.17, 15) is 0 Å². The first kappa shape index (κ1) is 22.0. The van der Waals surface area contributed by atoms with Crippen LogP contribution in [0.5, 0.6) is 0 Å². The fraction of sp³-hybridized carbons (Fsp3) is 0.318. The minimum Gasteiger partial charge on any atom is -0.382 e. The van der Waals surface area contributed by atoms with Gasteiger partial charge in [0.05, 0.1) is 31.9 Å². The highest BCUT2D eigenvalue weighted by molar-refractivity contribution is 9.10. The maximum atomic E-state index is 6.02. The van der Waals surface area contributed by atoms with Gasteiger partial charge >= 0.3 is 0 Å². The molecule has 0 radical (unpaired) electrons. The third-order valence-corrected chi connectivity index (χ3v) is 5.07. The van der Waals surface area contributed by atoms with Crippen LogP contribution < -0.4 is 10.6 Å². The Morgan fingerprint density at radius 3 is 2.45 bits per heavy atom. The summed E-state index contributed by atoms with van der Waals surface area (Å²) in [5.41, 5.74) is 3.17. The van der Waals surface area contributed by atoms with Gasteiger partial charge in [-0.15, -0.1) is 0 Å². The molecule has 0 saturated carbocycles. The second kappa shape index (κ2) is 12.1. The number of rotatable bonds is 12. The second-order valence-corrected chi connectivity index (χ2v) is 7.83. The number of halogens is 2. The van der Waals surface area contributed by atoms with Gasteiger partial charge in [0.15, 0.2) is 0 Å². The Labute approximate surface area is 184 Å². The first-order valence-electron chi connectivity index (χ1n) is 9.61. The molecule has 2 aromatic carbocycles. The van der Waals surface area contributed by atoms with E-state index in [1.54, 1.807) is 6.20 Å². The zero-order valence-corrected chi connectivity index (χ0v) is 18.5. The molecular weight excluding hydrogens is 454 g/mol. The van der Waals surface area contributed by atoms with Gasteiger partial charge in [0, 0.05) is 46.4 Å². The molecule has 3 aromatic rings. The van der Waals surface area contributed by atoms with Crippen LogP contribution in [0.1, 0.15) is 5.56 Å². The van der Waals surface area contributed by atoms with Gasteiger partial charge in [-0.25, -0.2) is 0 Å². The van der Waals surface area contributed by atoms with Gasteiger partial charge in [0.25, 0.3) is 0 Å². The third kappa shape index (κ3) is 7.57. The number of pyridine rings is 1. The lowest BCUT2D eigenvalue weighted by molar-refractivity contribution is 0.0527. The summed E-state index contributed by atoms with van der Waals surface area (Å²) in [5.74, 6) is 0. The first-order valence-corrected chi connectivity index (χ1v) is 10.8. The fourth-order valence-corrected chi connectivity index (χ4v) is 3.27. The molecule has 0 aliphatic rings. The first-order chi connectivity index (χ1) is 14.2. The van der Waals surface area contributed by atoms with Crippen molar-refractivity contribution in [2.45, 2.75) is 6.54 Å². The SMILES string of the molecule is Clc1ccc2c(NCCOCCOCCNCc3ccc(Br)cc3)ccnc2c1. The van der Waals surface area contributed by atoms with Crippen molar-refractivity contribution in [1.82, 2.24) is 10.3 Å². The number of benzene rings is 2. The molecule has 1 aromatic heterocycles. The summed E-state index contributed by atoms with van der Waals surface area (Å²) in [6, 6.07) is 16.0. The largest absolute Gasteiger partial charge is 0.382 e. The van der Waals surface area contributed by atoms with Crippen LogP contribution in [0.2, 0.25) is 5.02 Å². The van der Waals surface area contributed by atoms with Gasteiger partial charge in [-0.3, -0.25) is 4.98 Å². The van der Waals surface area contributed by atoms with Crippen LogP contribution >= 0.6 is 27.5 Å². The topological polar surface area (TPSA) is 55.4 Å². The zero-order chi connectivity index (χ0) is 20.3. The van der Waals surface area contributed by atoms with Gasteiger partial charge in [0.2, 0.25) is 0 Å². The lowest BCUT2D eigenvalue weighted by Gasteiger charge is -2.10. The average Bonchev–Trinajstić information content (AvgIpc) is 2.73. The number of hydrogen-bond donors (Lipinski definition) is 2. The van der Waals surface area contributed by atoms with Crippen LogP contribution in [-0.2, 0) is 16.0 Å². The molecule has 0 unspecified atom stereocenters. The predicted octanol–water partition coefficient (Wildman–Crippen LogP) is 4.89. The minimum absolute atomic E-state index is 0.584. The fourth-order valence-electron chi connectivity index (χ4n) is 2.83. The smallest absolute Gasteiger partial charge is 0.0737 e. The van der Waals surface area contributed by atoms with Crippen LogP contribution in [0.15, 0.2) is 59.2 Å². The summed E-state index contributed by atoms with van der Waals surface area (Å²) in [4.78, 5) is 4.34. The van der Waals surface area contributed by atoms with Crippen molar-refractivity contribution in [1.29, 1.82) is 0 Å². The Hall–Kier alpha value is -1.70. The molecule has 0 bridgehead atoms. The molecule has 0 amide bonds. The predicted molar refractivity (Wildman–Crippen MR) is 123 cm³/mol. The Kier molecular flexibility index (Phi) is 9.18. The number of aromatic nitrogens is 1. The van der Waals surface area contributed by atoms with E-state index in [0.717, 1.165) is 40.7 Å². The van der Waals surface area contributed by atoms with Gasteiger partial charge < -0.3 is 20.1 Å². The molecule has 0 saturated heterocycles. The number of ether oxygens (including phenoxy) is 2. The molecule has 7 heteroatoms. The number of hydrogen-bond acceptors (Lipinski definition) is 5. The van der Waals surface area contributed by atoms with Crippen molar-refractivity contribution in [2.75, 3.05) is 44.8 Å². The van der Waals surface area contributed by atoms with E-state index in [1.165, 1.54) is 5.56 Å². The van der Waals surface area contributed by atoms with E-state index < -0.39 is 0 Å². The summed E-state index contributed by atoms with van der Waals surface area (Å²) in [5, 5.41) is 8.49. The van der Waals surface area contributed by atoms with E-state index >= 15 is 0 Å². The number of anilines is 1. The number of nitrogens with zero attached hydrogens (tertiary/aromatic N) is 1. The van der Waals surface area contributed by atoms with Crippen molar-refractivity contribution in [2.24, 2.45) is 0 Å². The maximum Gasteiger partial charge on any atom is 0.0737 e. The second-order valence-electron chi connectivity index (χ2n) is 6.47. The van der Waals surface area contributed by atoms with Crippen LogP contribution in [-0.4, -0.2) is 44.5 Å². The number of fused-ring (bicyclic) bond motifs is 1. The lowest BCUT2D eigenvalue weighted by atomic mass is 10.2. The van der Waals surface area contributed by atoms with E-state index in [1.807, 2.05) is 36.4 Å². The van der Waals surface area contributed by atoms with Crippen LogP contribution in [0.4, 0.5) is 5.69 Å². The zero-order valence-electron chi connectivity index (χ0n) is 16.2. The van der Waals surface area contributed by atoms with E-state index in [0.29, 0.717) is 31.5 Å². The van der Waals surface area contributed by atoms with Crippen LogP contribution in [0, 0.1) is 0 Å². The monoisotopic (exact) mass is 477 g/mol. The summed E-state index contributed by atoms with van der Waals surface area (Å²) in [6.45, 7) is 4.84. The molecule has 0 fully saturated rings. The van der Waals surface area contributed by atoms with E-state index in [-0.39, 0.29) is 0 Å². The summed E-state index contributed by atoms with van der Waals surface area (Å²) < 4.78 is 12.3. The minimum atomic E-state index is 0.584. The lowest BCUT2D eigenvalue weighted by Crippen LogP contribution is -2.20. The molecule has 0 aliphatic heterocycles. The Balaban J connectivity index is 1.21. The third-order valence-electron chi connectivity index (χ3n) is 4.30. The van der Waals surface area contributed by atoms with Crippen molar-refractivity contribution >= 4 is 44.1 Å². The molecule has 0 spiro atoms. The molecular formula is C22H25BrClN3O2. The van der Waals surface area contributed by atoms with Crippen LogP contribution in [0.3, 0.4) is 0 Å². The summed E-state index contributed by atoms with van der Waals surface area (Å²) >= 11 is 9.46. The van der Waals surface area contributed by atoms with Gasteiger partial charge in [-0.2, -0.15) is 0 Å². The molecule has 0 atom stereocenters. The van der Waals surface area contributed by atoms with Crippen molar-refractivity contribution in [3.63, 3.8) is 0 Å². The molecule has 0 aliphatic carbocycles. The van der Waals surface area contributed by atoms with E-state index in [2.05, 4.69) is 43.7 Å². The highest BCUT2D eigenvalue weighted by atomic mass is 79.9. The molecule has 154 valence electrons. The quantitative estimate of drug-likeness (QED) is 0.363. The van der Waals surface area contributed by atoms with Gasteiger partial charge in [-0.1, -0.05) is 39.7 Å². The highest BCUT2D eigenvalue weighted by Crippen LogP contribution is 2.24. The number of nitrogens with one attached hydrogen (secondary N) is 2. The molecule has 29 heavy (non-hydrogen) atoms. The standard InChI is InChI=1S/C22H25BrClN3O2/c23-18-3-1-17(2-4-18)16-25-9-11-28-13-14-29-12-10-27-21-7-8-26-22-15-19(24)5-6-20(21)22/h1-8,15,25H,9-14,16H2,(H,26,27). The summed E-state index contributed by atoms with van der Waals surface area (Å²) in [6.07, 6.45) is 1.78. The average molecular weight is 479 g/mol.